The summed E-state index contributed by atoms with van der Waals surface area (Å²) in [6.07, 6.45) is 1.48. The van der Waals surface area contributed by atoms with Crippen LogP contribution in [0.3, 0.4) is 0 Å². The maximum Gasteiger partial charge on any atom is 0.263 e. The van der Waals surface area contributed by atoms with Crippen molar-refractivity contribution in [3.63, 3.8) is 0 Å². The summed E-state index contributed by atoms with van der Waals surface area (Å²) in [7, 11) is 0. The first-order valence-corrected chi connectivity index (χ1v) is 10.0. The number of fused-ring (bicyclic) bond motifs is 1. The lowest BCUT2D eigenvalue weighted by atomic mass is 10.0. The highest BCUT2D eigenvalue weighted by Crippen LogP contribution is 2.32. The molecule has 4 aromatic rings. The Hall–Kier alpha value is -3.05. The number of nitrogens with zero attached hydrogens (tertiary/aromatic N) is 2. The van der Waals surface area contributed by atoms with Gasteiger partial charge in [0.1, 0.15) is 4.83 Å². The van der Waals surface area contributed by atoms with Crippen LogP contribution in [0.4, 0.5) is 0 Å². The molecule has 0 fully saturated rings. The maximum absolute atomic E-state index is 13.3. The molecule has 0 aliphatic heterocycles. The second-order valence-electron chi connectivity index (χ2n) is 6.99. The van der Waals surface area contributed by atoms with Gasteiger partial charge < -0.3 is 0 Å². The van der Waals surface area contributed by atoms with Crippen LogP contribution < -0.4 is 5.56 Å². The van der Waals surface area contributed by atoms with E-state index in [9.17, 15) is 9.59 Å². The molecule has 0 aliphatic rings. The Balaban J connectivity index is 1.84. The fourth-order valence-corrected chi connectivity index (χ4v) is 4.22. The molecule has 1 atom stereocenters. The Morgan fingerprint density at radius 2 is 1.82 bits per heavy atom. The minimum absolute atomic E-state index is 0.105. The van der Waals surface area contributed by atoms with Crippen molar-refractivity contribution in [3.05, 3.63) is 87.3 Å². The van der Waals surface area contributed by atoms with Gasteiger partial charge in [-0.25, -0.2) is 4.98 Å². The quantitative estimate of drug-likeness (QED) is 0.452. The van der Waals surface area contributed by atoms with Crippen molar-refractivity contribution in [1.29, 1.82) is 0 Å². The molecule has 0 saturated heterocycles. The van der Waals surface area contributed by atoms with Gasteiger partial charge in [-0.1, -0.05) is 48.5 Å². The van der Waals surface area contributed by atoms with E-state index in [1.54, 1.807) is 19.1 Å². The zero-order valence-corrected chi connectivity index (χ0v) is 16.8. The lowest BCUT2D eigenvalue weighted by Crippen LogP contribution is -2.28. The first kappa shape index (κ1) is 18.3. The molecule has 0 radical (unpaired) electrons. The number of carbonyl (C=O) groups is 1. The summed E-state index contributed by atoms with van der Waals surface area (Å²) in [6, 6.07) is 14.6. The third-order valence-electron chi connectivity index (χ3n) is 5.19. The molecule has 0 bridgehead atoms. The molecule has 4 rings (SSSR count). The third-order valence-corrected chi connectivity index (χ3v) is 6.08. The van der Waals surface area contributed by atoms with Gasteiger partial charge in [0.15, 0.2) is 5.78 Å². The Bertz CT molecular complexity index is 1240. The largest absolute Gasteiger partial charge is 0.292 e. The van der Waals surface area contributed by atoms with Gasteiger partial charge >= 0.3 is 0 Å². The summed E-state index contributed by atoms with van der Waals surface area (Å²) in [6.45, 7) is 5.87. The summed E-state index contributed by atoms with van der Waals surface area (Å²) in [4.78, 5) is 31.3. The van der Waals surface area contributed by atoms with E-state index in [4.69, 9.17) is 0 Å². The molecular formula is C23H20N2O2S. The van der Waals surface area contributed by atoms with Crippen LogP contribution in [-0.2, 0) is 0 Å². The molecule has 2 aromatic heterocycles. The van der Waals surface area contributed by atoms with Crippen LogP contribution in [0.5, 0.6) is 0 Å². The van der Waals surface area contributed by atoms with Crippen LogP contribution in [0.2, 0.25) is 0 Å². The SMILES string of the molecule is Cc1ccc(-c2csc3ncn(C(C)C(=O)c4ccccc4)c(=O)c23)cc1C. The second kappa shape index (κ2) is 7.17. The molecule has 2 heterocycles. The lowest BCUT2D eigenvalue weighted by molar-refractivity contribution is 0.0932. The molecule has 2 aromatic carbocycles. The molecule has 0 amide bonds. The summed E-state index contributed by atoms with van der Waals surface area (Å²) >= 11 is 1.45. The Labute approximate surface area is 167 Å². The molecule has 1 unspecified atom stereocenters. The number of ketones is 1. The molecule has 0 N–H and O–H groups in total. The second-order valence-corrected chi connectivity index (χ2v) is 7.85. The molecule has 0 aliphatic carbocycles. The number of hydrogen-bond donors (Lipinski definition) is 0. The number of carbonyl (C=O) groups excluding carboxylic acids is 1. The number of rotatable bonds is 4. The van der Waals surface area contributed by atoms with E-state index in [1.807, 2.05) is 29.6 Å². The van der Waals surface area contributed by atoms with E-state index < -0.39 is 6.04 Å². The molecule has 28 heavy (non-hydrogen) atoms. The van der Waals surface area contributed by atoms with Crippen molar-refractivity contribution in [2.24, 2.45) is 0 Å². The fourth-order valence-electron chi connectivity index (χ4n) is 3.31. The van der Waals surface area contributed by atoms with E-state index in [0.29, 0.717) is 15.8 Å². The zero-order valence-electron chi connectivity index (χ0n) is 16.0. The lowest BCUT2D eigenvalue weighted by Gasteiger charge is -2.14. The van der Waals surface area contributed by atoms with E-state index in [0.717, 1.165) is 11.1 Å². The summed E-state index contributed by atoms with van der Waals surface area (Å²) in [5.74, 6) is -0.105. The highest BCUT2D eigenvalue weighted by molar-refractivity contribution is 7.17. The standard InChI is InChI=1S/C23H20N2O2S/c1-14-9-10-18(11-15(14)2)19-12-28-22-20(19)23(27)25(13-24-22)16(3)21(26)17-7-5-4-6-8-17/h4-13,16H,1-3H3. The normalized spacial score (nSPS) is 12.2. The van der Waals surface area contributed by atoms with Crippen molar-refractivity contribution in [1.82, 2.24) is 9.55 Å². The summed E-state index contributed by atoms with van der Waals surface area (Å²) in [5.41, 5.74) is 4.65. The number of benzene rings is 2. The van der Waals surface area contributed by atoms with Crippen LogP contribution in [0.15, 0.2) is 65.0 Å². The van der Waals surface area contributed by atoms with Crippen LogP contribution in [-0.4, -0.2) is 15.3 Å². The third kappa shape index (κ3) is 3.08. The van der Waals surface area contributed by atoms with Gasteiger partial charge in [0.2, 0.25) is 0 Å². The average Bonchev–Trinajstić information content (AvgIpc) is 3.15. The number of Topliss-reactive ketones (excluding diaryl/α,β-unsaturated/α-hetero) is 1. The van der Waals surface area contributed by atoms with Crippen molar-refractivity contribution in [3.8, 4) is 11.1 Å². The van der Waals surface area contributed by atoms with Gasteiger partial charge in [0.25, 0.3) is 5.56 Å². The monoisotopic (exact) mass is 388 g/mol. The van der Waals surface area contributed by atoms with Gasteiger partial charge in [0, 0.05) is 16.5 Å². The Morgan fingerprint density at radius 3 is 2.54 bits per heavy atom. The minimum atomic E-state index is -0.626. The minimum Gasteiger partial charge on any atom is -0.292 e. The van der Waals surface area contributed by atoms with Crippen molar-refractivity contribution in [2.45, 2.75) is 26.8 Å². The molecular weight excluding hydrogens is 368 g/mol. The van der Waals surface area contributed by atoms with Gasteiger partial charge in [-0.3, -0.25) is 14.2 Å². The zero-order chi connectivity index (χ0) is 19.8. The number of aromatic nitrogens is 2. The topological polar surface area (TPSA) is 52.0 Å². The van der Waals surface area contributed by atoms with Gasteiger partial charge in [-0.05, 0) is 37.5 Å². The van der Waals surface area contributed by atoms with Crippen molar-refractivity contribution < 1.29 is 4.79 Å². The summed E-state index contributed by atoms with van der Waals surface area (Å²) < 4.78 is 1.44. The molecule has 0 saturated carbocycles. The van der Waals surface area contributed by atoms with Crippen LogP contribution >= 0.6 is 11.3 Å². The van der Waals surface area contributed by atoms with Crippen LogP contribution in [0.1, 0.15) is 34.5 Å². The number of hydrogen-bond acceptors (Lipinski definition) is 4. The van der Waals surface area contributed by atoms with Gasteiger partial charge in [-0.2, -0.15) is 0 Å². The first-order valence-electron chi connectivity index (χ1n) is 9.12. The molecule has 5 heteroatoms. The van der Waals surface area contributed by atoms with E-state index in [-0.39, 0.29) is 11.3 Å². The van der Waals surface area contributed by atoms with Gasteiger partial charge in [-0.15, -0.1) is 11.3 Å². The molecule has 0 spiro atoms. The Morgan fingerprint density at radius 1 is 1.07 bits per heavy atom. The highest BCUT2D eigenvalue weighted by atomic mass is 32.1. The molecule has 4 nitrogen and oxygen atoms in total. The van der Waals surface area contributed by atoms with Crippen molar-refractivity contribution >= 4 is 27.3 Å². The number of aryl methyl sites for hydroxylation is 2. The van der Waals surface area contributed by atoms with E-state index >= 15 is 0 Å². The maximum atomic E-state index is 13.3. The average molecular weight is 388 g/mol. The van der Waals surface area contributed by atoms with Crippen LogP contribution in [0, 0.1) is 13.8 Å². The van der Waals surface area contributed by atoms with Gasteiger partial charge in [0.05, 0.1) is 17.8 Å². The Kier molecular flexibility index (Phi) is 4.69. The summed E-state index contributed by atoms with van der Waals surface area (Å²) in [5, 5.41) is 2.54. The van der Waals surface area contributed by atoms with E-state index in [1.165, 1.54) is 33.4 Å². The van der Waals surface area contributed by atoms with Crippen molar-refractivity contribution in [2.75, 3.05) is 0 Å². The number of thiophene rings is 1. The highest BCUT2D eigenvalue weighted by Gasteiger charge is 2.21. The predicted octanol–water partition coefficient (Wildman–Crippen LogP) is 5.19. The molecule has 140 valence electrons. The smallest absolute Gasteiger partial charge is 0.263 e. The van der Waals surface area contributed by atoms with Crippen LogP contribution in [0.25, 0.3) is 21.3 Å². The first-order chi connectivity index (χ1) is 13.5. The fraction of sp³-hybridized carbons (Fsp3) is 0.174. The van der Waals surface area contributed by atoms with E-state index in [2.05, 4.69) is 31.0 Å². The predicted molar refractivity (Wildman–Crippen MR) is 114 cm³/mol.